The van der Waals surface area contributed by atoms with Crippen LogP contribution in [-0.4, -0.2) is 73.1 Å². The molecule has 0 radical (unpaired) electrons. The van der Waals surface area contributed by atoms with Crippen LogP contribution in [0.3, 0.4) is 0 Å². The van der Waals surface area contributed by atoms with Crippen LogP contribution < -0.4 is 0 Å². The van der Waals surface area contributed by atoms with Crippen molar-refractivity contribution in [3.63, 3.8) is 0 Å². The lowest BCUT2D eigenvalue weighted by Gasteiger charge is -2.41. The van der Waals surface area contributed by atoms with Crippen LogP contribution in [0.15, 0.2) is 11.6 Å². The molecule has 0 amide bonds. The first-order chi connectivity index (χ1) is 10.7. The predicted molar refractivity (Wildman–Crippen MR) is 94.2 cm³/mol. The molecule has 126 valence electrons. The minimum absolute atomic E-state index is 0.850. The van der Waals surface area contributed by atoms with Crippen molar-refractivity contribution >= 4 is 0 Å². The van der Waals surface area contributed by atoms with Crippen LogP contribution >= 0.6 is 0 Å². The van der Waals surface area contributed by atoms with Gasteiger partial charge in [-0.3, -0.25) is 4.90 Å². The van der Waals surface area contributed by atoms with Crippen molar-refractivity contribution in [2.75, 3.05) is 52.4 Å². The second kappa shape index (κ2) is 7.94. The number of nitrogens with zero attached hydrogens (tertiary/aromatic N) is 3. The number of likely N-dealkylation sites (tertiary alicyclic amines) is 2. The highest BCUT2D eigenvalue weighted by atomic mass is 15.2. The lowest BCUT2D eigenvalue weighted by molar-refractivity contribution is 0.0894. The molecule has 0 N–H and O–H groups in total. The molecule has 0 saturated carbocycles. The van der Waals surface area contributed by atoms with Crippen LogP contribution in [0, 0.1) is 5.92 Å². The van der Waals surface area contributed by atoms with Crippen molar-refractivity contribution in [3.05, 3.63) is 11.6 Å². The molecule has 2 saturated heterocycles. The quantitative estimate of drug-likeness (QED) is 0.740. The molecule has 3 heteroatoms. The van der Waals surface area contributed by atoms with E-state index in [1.54, 1.807) is 5.57 Å². The molecule has 0 spiro atoms. The first kappa shape index (κ1) is 16.5. The van der Waals surface area contributed by atoms with E-state index in [1.165, 1.54) is 84.5 Å². The zero-order valence-corrected chi connectivity index (χ0v) is 14.8. The fourth-order valence-corrected chi connectivity index (χ4v) is 4.44. The molecule has 0 aromatic rings. The number of hydrogen-bond donors (Lipinski definition) is 0. The monoisotopic (exact) mass is 305 g/mol. The van der Waals surface area contributed by atoms with Crippen molar-refractivity contribution in [1.29, 1.82) is 0 Å². The van der Waals surface area contributed by atoms with Gasteiger partial charge in [-0.15, -0.1) is 0 Å². The minimum atomic E-state index is 0.850. The maximum atomic E-state index is 2.76. The maximum absolute atomic E-state index is 2.76. The third-order valence-corrected chi connectivity index (χ3v) is 6.21. The minimum Gasteiger partial charge on any atom is -0.304 e. The zero-order valence-electron chi connectivity index (χ0n) is 14.8. The molecular formula is C19H35N3. The topological polar surface area (TPSA) is 9.72 Å². The van der Waals surface area contributed by atoms with Crippen LogP contribution in [-0.2, 0) is 0 Å². The summed E-state index contributed by atoms with van der Waals surface area (Å²) in [6, 6.07) is 0.850. The molecule has 3 heterocycles. The number of rotatable bonds is 4. The van der Waals surface area contributed by atoms with Crippen LogP contribution in [0.25, 0.3) is 0 Å². The van der Waals surface area contributed by atoms with E-state index < -0.39 is 0 Å². The van der Waals surface area contributed by atoms with Gasteiger partial charge in [0.1, 0.15) is 0 Å². The molecule has 0 atom stereocenters. The van der Waals surface area contributed by atoms with Crippen molar-refractivity contribution in [1.82, 2.24) is 14.7 Å². The first-order valence-corrected chi connectivity index (χ1v) is 9.59. The Morgan fingerprint density at radius 2 is 1.64 bits per heavy atom. The Balaban J connectivity index is 1.37. The van der Waals surface area contributed by atoms with E-state index in [1.807, 2.05) is 0 Å². The average Bonchev–Trinajstić information content (AvgIpc) is 2.57. The molecule has 0 aliphatic carbocycles. The SMILES string of the molecule is CCN1CCC(CN2CCC(N3CC=C(C)CC3)CC2)CC1. The summed E-state index contributed by atoms with van der Waals surface area (Å²) in [6.45, 7) is 15.0. The van der Waals surface area contributed by atoms with Crippen molar-refractivity contribution < 1.29 is 0 Å². The van der Waals surface area contributed by atoms with E-state index in [2.05, 4.69) is 34.6 Å². The molecule has 0 aromatic carbocycles. The maximum Gasteiger partial charge on any atom is 0.0168 e. The third kappa shape index (κ3) is 4.33. The Bertz CT molecular complexity index is 363. The molecule has 3 rings (SSSR count). The Morgan fingerprint density at radius 1 is 0.955 bits per heavy atom. The molecule has 0 aromatic heterocycles. The second-order valence-electron chi connectivity index (χ2n) is 7.70. The van der Waals surface area contributed by atoms with Crippen molar-refractivity contribution in [2.24, 2.45) is 5.92 Å². The third-order valence-electron chi connectivity index (χ3n) is 6.21. The Labute approximate surface area is 137 Å². The van der Waals surface area contributed by atoms with Gasteiger partial charge in [0.2, 0.25) is 0 Å². The summed E-state index contributed by atoms with van der Waals surface area (Å²) >= 11 is 0. The summed E-state index contributed by atoms with van der Waals surface area (Å²) in [5.41, 5.74) is 1.59. The fourth-order valence-electron chi connectivity index (χ4n) is 4.44. The summed E-state index contributed by atoms with van der Waals surface area (Å²) < 4.78 is 0. The van der Waals surface area contributed by atoms with Crippen molar-refractivity contribution in [2.45, 2.75) is 52.0 Å². The Hall–Kier alpha value is -0.380. The normalized spacial score (nSPS) is 28.0. The van der Waals surface area contributed by atoms with Gasteiger partial charge in [0.15, 0.2) is 0 Å². The lowest BCUT2D eigenvalue weighted by Crippen LogP contribution is -2.48. The lowest BCUT2D eigenvalue weighted by atomic mass is 9.94. The van der Waals surface area contributed by atoms with E-state index in [4.69, 9.17) is 0 Å². The van der Waals surface area contributed by atoms with Crippen LogP contribution in [0.5, 0.6) is 0 Å². The molecule has 3 aliphatic rings. The highest BCUT2D eigenvalue weighted by Crippen LogP contribution is 2.23. The number of piperidine rings is 2. The van der Waals surface area contributed by atoms with Gasteiger partial charge in [-0.1, -0.05) is 18.6 Å². The smallest absolute Gasteiger partial charge is 0.0168 e. The van der Waals surface area contributed by atoms with Crippen LogP contribution in [0.4, 0.5) is 0 Å². The summed E-state index contributed by atoms with van der Waals surface area (Å²) in [5.74, 6) is 0.958. The molecule has 3 aliphatic heterocycles. The van der Waals surface area contributed by atoms with Gasteiger partial charge < -0.3 is 9.80 Å². The Kier molecular flexibility index (Phi) is 5.95. The van der Waals surface area contributed by atoms with E-state index in [9.17, 15) is 0 Å². The summed E-state index contributed by atoms with van der Waals surface area (Å²) in [4.78, 5) is 8.09. The standard InChI is InChI=1S/C19H35N3/c1-3-20-10-6-18(7-11-20)16-21-12-8-19(9-13-21)22-14-4-17(2)5-15-22/h4,18-19H,3,5-16H2,1-2H3. The fraction of sp³-hybridized carbons (Fsp3) is 0.895. The van der Waals surface area contributed by atoms with Gasteiger partial charge in [-0.2, -0.15) is 0 Å². The van der Waals surface area contributed by atoms with Gasteiger partial charge in [-0.25, -0.2) is 0 Å². The summed E-state index contributed by atoms with van der Waals surface area (Å²) in [7, 11) is 0. The molecule has 22 heavy (non-hydrogen) atoms. The van der Waals surface area contributed by atoms with Gasteiger partial charge in [0.05, 0.1) is 0 Å². The zero-order chi connectivity index (χ0) is 15.4. The van der Waals surface area contributed by atoms with Gasteiger partial charge >= 0.3 is 0 Å². The van der Waals surface area contributed by atoms with E-state index in [-0.39, 0.29) is 0 Å². The molecule has 3 nitrogen and oxygen atoms in total. The van der Waals surface area contributed by atoms with Gasteiger partial charge in [-0.05, 0) is 77.7 Å². The summed E-state index contributed by atoms with van der Waals surface area (Å²) in [6.07, 6.45) is 9.35. The largest absolute Gasteiger partial charge is 0.304 e. The van der Waals surface area contributed by atoms with Gasteiger partial charge in [0.25, 0.3) is 0 Å². The molecule has 0 unspecified atom stereocenters. The highest BCUT2D eigenvalue weighted by molar-refractivity contribution is 5.04. The van der Waals surface area contributed by atoms with Crippen LogP contribution in [0.1, 0.15) is 46.0 Å². The second-order valence-corrected chi connectivity index (χ2v) is 7.70. The predicted octanol–water partition coefficient (Wildman–Crippen LogP) is 2.83. The first-order valence-electron chi connectivity index (χ1n) is 9.59. The van der Waals surface area contributed by atoms with E-state index in [0.717, 1.165) is 12.0 Å². The average molecular weight is 306 g/mol. The van der Waals surface area contributed by atoms with E-state index in [0.29, 0.717) is 0 Å². The highest BCUT2D eigenvalue weighted by Gasteiger charge is 2.27. The number of hydrogen-bond acceptors (Lipinski definition) is 3. The molecule has 0 bridgehead atoms. The summed E-state index contributed by atoms with van der Waals surface area (Å²) in [5, 5.41) is 0. The Morgan fingerprint density at radius 3 is 2.23 bits per heavy atom. The van der Waals surface area contributed by atoms with E-state index >= 15 is 0 Å². The molecular weight excluding hydrogens is 270 g/mol. The van der Waals surface area contributed by atoms with Gasteiger partial charge in [0, 0.05) is 25.7 Å². The molecule has 2 fully saturated rings. The van der Waals surface area contributed by atoms with Crippen molar-refractivity contribution in [3.8, 4) is 0 Å². The van der Waals surface area contributed by atoms with Crippen LogP contribution in [0.2, 0.25) is 0 Å².